The van der Waals surface area contributed by atoms with E-state index in [1.807, 2.05) is 6.20 Å². The second kappa shape index (κ2) is 6.90. The standard InChI is InChI=1S/C19H23N5O2/c1-12(2)16-11-26-19(25)24(16)17-7-8-20-18(23-17)22-10-13-3-6-15(21-9-13)14-4-5-14/h3,6-9,12,14,16H,4-5,10-11H2,1-2H3,(H,20,22,23). The van der Waals surface area contributed by atoms with Gasteiger partial charge < -0.3 is 10.1 Å². The predicted molar refractivity (Wildman–Crippen MR) is 98.0 cm³/mol. The molecule has 26 heavy (non-hydrogen) atoms. The number of nitrogens with zero attached hydrogens (tertiary/aromatic N) is 4. The first-order valence-electron chi connectivity index (χ1n) is 9.09. The summed E-state index contributed by atoms with van der Waals surface area (Å²) in [5.41, 5.74) is 2.25. The molecule has 1 aliphatic heterocycles. The third-order valence-corrected chi connectivity index (χ3v) is 4.86. The lowest BCUT2D eigenvalue weighted by molar-refractivity contribution is 0.177. The molecular formula is C19H23N5O2. The molecule has 136 valence electrons. The van der Waals surface area contributed by atoms with Gasteiger partial charge in [0.15, 0.2) is 0 Å². The van der Waals surface area contributed by atoms with Crippen molar-refractivity contribution in [2.75, 3.05) is 16.8 Å². The number of anilines is 2. The number of pyridine rings is 1. The normalized spacial score (nSPS) is 19.7. The Morgan fingerprint density at radius 1 is 1.27 bits per heavy atom. The van der Waals surface area contributed by atoms with Crippen molar-refractivity contribution in [3.05, 3.63) is 41.9 Å². The van der Waals surface area contributed by atoms with Gasteiger partial charge in [-0.1, -0.05) is 19.9 Å². The molecule has 0 bridgehead atoms. The highest BCUT2D eigenvalue weighted by Crippen LogP contribution is 2.38. The van der Waals surface area contributed by atoms with Crippen LogP contribution in [0.3, 0.4) is 0 Å². The Morgan fingerprint density at radius 3 is 2.81 bits per heavy atom. The number of carbonyl (C=O) groups is 1. The third kappa shape index (κ3) is 3.47. The molecule has 1 atom stereocenters. The first-order chi connectivity index (χ1) is 12.6. The molecule has 3 heterocycles. The van der Waals surface area contributed by atoms with Crippen LogP contribution in [-0.4, -0.2) is 33.7 Å². The fraction of sp³-hybridized carbons (Fsp3) is 0.474. The summed E-state index contributed by atoms with van der Waals surface area (Å²) < 4.78 is 5.20. The molecule has 1 saturated heterocycles. The van der Waals surface area contributed by atoms with Crippen LogP contribution < -0.4 is 10.2 Å². The van der Waals surface area contributed by atoms with E-state index in [-0.39, 0.29) is 18.1 Å². The second-order valence-electron chi connectivity index (χ2n) is 7.22. The maximum absolute atomic E-state index is 12.1. The molecule has 2 aromatic rings. The van der Waals surface area contributed by atoms with Crippen LogP contribution in [0.4, 0.5) is 16.6 Å². The molecular weight excluding hydrogens is 330 g/mol. The first-order valence-corrected chi connectivity index (χ1v) is 9.09. The van der Waals surface area contributed by atoms with Gasteiger partial charge in [0.2, 0.25) is 5.95 Å². The molecule has 1 saturated carbocycles. The average molecular weight is 353 g/mol. The maximum atomic E-state index is 12.1. The van der Waals surface area contributed by atoms with E-state index in [1.54, 1.807) is 17.2 Å². The van der Waals surface area contributed by atoms with Gasteiger partial charge in [-0.3, -0.25) is 9.88 Å². The fourth-order valence-electron chi connectivity index (χ4n) is 3.10. The van der Waals surface area contributed by atoms with Gasteiger partial charge in [0.05, 0.1) is 6.04 Å². The molecule has 1 aliphatic carbocycles. The van der Waals surface area contributed by atoms with Crippen LogP contribution in [0.5, 0.6) is 0 Å². The second-order valence-corrected chi connectivity index (χ2v) is 7.22. The number of ether oxygens (including phenoxy) is 1. The number of carbonyl (C=O) groups excluding carboxylic acids is 1. The van der Waals surface area contributed by atoms with Crippen molar-refractivity contribution in [2.45, 2.75) is 45.2 Å². The van der Waals surface area contributed by atoms with E-state index in [9.17, 15) is 4.79 Å². The average Bonchev–Trinajstić information content (AvgIpc) is 3.42. The summed E-state index contributed by atoms with van der Waals surface area (Å²) in [6.07, 6.45) is 5.70. The Bertz CT molecular complexity index is 789. The topological polar surface area (TPSA) is 80.2 Å². The zero-order valence-electron chi connectivity index (χ0n) is 15.1. The van der Waals surface area contributed by atoms with Crippen LogP contribution in [0, 0.1) is 5.92 Å². The molecule has 2 aromatic heterocycles. The van der Waals surface area contributed by atoms with Crippen LogP contribution >= 0.6 is 0 Å². The molecule has 1 unspecified atom stereocenters. The summed E-state index contributed by atoms with van der Waals surface area (Å²) in [6, 6.07) is 5.91. The van der Waals surface area contributed by atoms with Crippen molar-refractivity contribution in [3.8, 4) is 0 Å². The highest BCUT2D eigenvalue weighted by Gasteiger charge is 2.37. The van der Waals surface area contributed by atoms with E-state index in [4.69, 9.17) is 4.74 Å². The largest absolute Gasteiger partial charge is 0.447 e. The van der Waals surface area contributed by atoms with E-state index < -0.39 is 0 Å². The van der Waals surface area contributed by atoms with Gasteiger partial charge in [-0.05, 0) is 36.5 Å². The van der Waals surface area contributed by atoms with E-state index >= 15 is 0 Å². The quantitative estimate of drug-likeness (QED) is 0.858. The van der Waals surface area contributed by atoms with Crippen molar-refractivity contribution < 1.29 is 9.53 Å². The van der Waals surface area contributed by atoms with Gasteiger partial charge in [-0.25, -0.2) is 9.78 Å². The van der Waals surface area contributed by atoms with E-state index in [0.717, 1.165) is 5.56 Å². The summed E-state index contributed by atoms with van der Waals surface area (Å²) in [7, 11) is 0. The highest BCUT2D eigenvalue weighted by atomic mass is 16.6. The minimum atomic E-state index is -0.354. The monoisotopic (exact) mass is 353 g/mol. The zero-order valence-corrected chi connectivity index (χ0v) is 15.1. The van der Waals surface area contributed by atoms with Crippen LogP contribution in [0.25, 0.3) is 0 Å². The molecule has 7 heteroatoms. The van der Waals surface area contributed by atoms with E-state index in [0.29, 0.717) is 30.8 Å². The van der Waals surface area contributed by atoms with Gasteiger partial charge in [0.1, 0.15) is 12.4 Å². The molecule has 2 fully saturated rings. The summed E-state index contributed by atoms with van der Waals surface area (Å²) in [4.78, 5) is 27.0. The summed E-state index contributed by atoms with van der Waals surface area (Å²) in [6.45, 7) is 5.11. The van der Waals surface area contributed by atoms with Crippen molar-refractivity contribution in [3.63, 3.8) is 0 Å². The first kappa shape index (κ1) is 16.8. The maximum Gasteiger partial charge on any atom is 0.415 e. The molecule has 4 rings (SSSR count). The van der Waals surface area contributed by atoms with E-state index in [1.165, 1.54) is 18.5 Å². The Balaban J connectivity index is 1.44. The number of rotatable bonds is 6. The molecule has 1 amide bonds. The van der Waals surface area contributed by atoms with Gasteiger partial charge in [-0.2, -0.15) is 4.98 Å². The Kier molecular flexibility index (Phi) is 4.44. The molecule has 0 radical (unpaired) electrons. The van der Waals surface area contributed by atoms with Gasteiger partial charge in [-0.15, -0.1) is 0 Å². The summed E-state index contributed by atoms with van der Waals surface area (Å²) >= 11 is 0. The molecule has 1 N–H and O–H groups in total. The van der Waals surface area contributed by atoms with Crippen LogP contribution in [0.2, 0.25) is 0 Å². The number of amides is 1. The molecule has 0 spiro atoms. The lowest BCUT2D eigenvalue weighted by Crippen LogP contribution is -2.37. The van der Waals surface area contributed by atoms with Crippen LogP contribution in [-0.2, 0) is 11.3 Å². The van der Waals surface area contributed by atoms with Crippen molar-refractivity contribution >= 4 is 17.9 Å². The highest BCUT2D eigenvalue weighted by molar-refractivity contribution is 5.89. The Labute approximate surface area is 152 Å². The predicted octanol–water partition coefficient (Wildman–Crippen LogP) is 3.34. The van der Waals surface area contributed by atoms with Gasteiger partial charge >= 0.3 is 6.09 Å². The van der Waals surface area contributed by atoms with Gasteiger partial charge in [0.25, 0.3) is 0 Å². The number of cyclic esters (lactones) is 1. The van der Waals surface area contributed by atoms with Crippen molar-refractivity contribution in [1.82, 2.24) is 15.0 Å². The molecule has 0 aromatic carbocycles. The number of hydrogen-bond donors (Lipinski definition) is 1. The summed E-state index contributed by atoms with van der Waals surface area (Å²) in [5, 5.41) is 3.21. The van der Waals surface area contributed by atoms with Gasteiger partial charge in [0, 0.05) is 30.6 Å². The minimum Gasteiger partial charge on any atom is -0.447 e. The van der Waals surface area contributed by atoms with Crippen molar-refractivity contribution in [2.24, 2.45) is 5.92 Å². The minimum absolute atomic E-state index is 0.00980. The fourth-order valence-corrected chi connectivity index (χ4v) is 3.10. The molecule has 2 aliphatic rings. The molecule has 7 nitrogen and oxygen atoms in total. The Hall–Kier alpha value is -2.70. The number of aromatic nitrogens is 3. The lowest BCUT2D eigenvalue weighted by Gasteiger charge is -2.23. The van der Waals surface area contributed by atoms with Crippen LogP contribution in [0.15, 0.2) is 30.6 Å². The lowest BCUT2D eigenvalue weighted by atomic mass is 10.0. The summed E-state index contributed by atoms with van der Waals surface area (Å²) in [5.74, 6) is 1.98. The zero-order chi connectivity index (χ0) is 18.1. The third-order valence-electron chi connectivity index (χ3n) is 4.86. The van der Waals surface area contributed by atoms with Crippen LogP contribution in [0.1, 0.15) is 43.9 Å². The van der Waals surface area contributed by atoms with Crippen molar-refractivity contribution in [1.29, 1.82) is 0 Å². The SMILES string of the molecule is CC(C)C1COC(=O)N1c1ccnc(NCc2ccc(C3CC3)nc2)n1. The number of nitrogens with one attached hydrogen (secondary N) is 1. The smallest absolute Gasteiger partial charge is 0.415 e. The number of hydrogen-bond acceptors (Lipinski definition) is 6. The van der Waals surface area contributed by atoms with E-state index in [2.05, 4.69) is 46.2 Å². The Morgan fingerprint density at radius 2 is 2.12 bits per heavy atom.